The van der Waals surface area contributed by atoms with Crippen molar-refractivity contribution in [3.8, 4) is 23.0 Å². The van der Waals surface area contributed by atoms with Crippen LogP contribution < -0.4 is 20.1 Å². The van der Waals surface area contributed by atoms with E-state index in [1.54, 1.807) is 20.5 Å². The molecule has 0 saturated heterocycles. The highest BCUT2D eigenvalue weighted by atomic mass is 16.5. The lowest BCUT2D eigenvalue weighted by Crippen LogP contribution is -2.36. The maximum Gasteiger partial charge on any atom is 0.226 e. The number of aliphatic imine (C=N–C) groups is 1. The number of hydrogen-bond donors (Lipinski definition) is 2. The van der Waals surface area contributed by atoms with Crippen molar-refractivity contribution in [2.45, 2.75) is 20.0 Å². The number of hydrogen-bond acceptors (Lipinski definition) is 5. The summed E-state index contributed by atoms with van der Waals surface area (Å²) in [6.07, 6.45) is 1.66. The smallest absolute Gasteiger partial charge is 0.226 e. The van der Waals surface area contributed by atoms with E-state index < -0.39 is 0 Å². The summed E-state index contributed by atoms with van der Waals surface area (Å²) in [5, 5.41) is 6.52. The summed E-state index contributed by atoms with van der Waals surface area (Å²) in [5.41, 5.74) is 2.78. The third kappa shape index (κ3) is 5.51. The molecule has 0 radical (unpaired) electrons. The average molecular weight is 394 g/mol. The molecule has 7 nitrogen and oxygen atoms in total. The van der Waals surface area contributed by atoms with Crippen molar-refractivity contribution < 1.29 is 13.9 Å². The van der Waals surface area contributed by atoms with Gasteiger partial charge in [0.1, 0.15) is 6.26 Å². The van der Waals surface area contributed by atoms with Crippen LogP contribution in [0.4, 0.5) is 0 Å². The summed E-state index contributed by atoms with van der Waals surface area (Å²) in [6.45, 7) is 3.79. The van der Waals surface area contributed by atoms with Gasteiger partial charge in [0.15, 0.2) is 17.5 Å². The minimum absolute atomic E-state index is 0.504. The molecule has 0 aliphatic rings. The molecule has 1 aromatic heterocycles. The second-order valence-electron chi connectivity index (χ2n) is 6.25. The Hall–Kier alpha value is -3.48. The number of guanidine groups is 1. The maximum absolute atomic E-state index is 5.58. The van der Waals surface area contributed by atoms with Crippen molar-refractivity contribution in [1.29, 1.82) is 0 Å². The molecule has 152 valence electrons. The number of nitrogens with one attached hydrogen (secondary N) is 2. The lowest BCUT2D eigenvalue weighted by Gasteiger charge is -2.11. The van der Waals surface area contributed by atoms with Crippen LogP contribution in [0.15, 0.2) is 64.2 Å². The van der Waals surface area contributed by atoms with Crippen LogP contribution in [0.3, 0.4) is 0 Å². The Labute approximate surface area is 170 Å². The van der Waals surface area contributed by atoms with Crippen LogP contribution in [0.5, 0.6) is 11.5 Å². The monoisotopic (exact) mass is 394 g/mol. The molecular formula is C22H26N4O3. The second-order valence-corrected chi connectivity index (χ2v) is 6.25. The molecule has 0 amide bonds. The van der Waals surface area contributed by atoms with E-state index in [-0.39, 0.29) is 0 Å². The number of rotatable bonds is 8. The van der Waals surface area contributed by atoms with Gasteiger partial charge in [-0.1, -0.05) is 24.3 Å². The molecule has 0 fully saturated rings. The first-order chi connectivity index (χ1) is 14.2. The van der Waals surface area contributed by atoms with Crippen molar-refractivity contribution in [3.63, 3.8) is 0 Å². The Morgan fingerprint density at radius 2 is 1.83 bits per heavy atom. The van der Waals surface area contributed by atoms with Gasteiger partial charge in [-0.2, -0.15) is 0 Å². The van der Waals surface area contributed by atoms with E-state index in [2.05, 4.69) is 20.6 Å². The molecule has 3 rings (SSSR count). The molecule has 0 atom stereocenters. The van der Waals surface area contributed by atoms with Gasteiger partial charge in [-0.05, 0) is 36.8 Å². The predicted octanol–water partition coefficient (Wildman–Crippen LogP) is 3.61. The number of oxazole rings is 1. The first kappa shape index (κ1) is 20.3. The van der Waals surface area contributed by atoms with Crippen LogP contribution in [0, 0.1) is 0 Å². The molecule has 0 spiro atoms. The Kier molecular flexibility index (Phi) is 7.10. The molecule has 0 aliphatic carbocycles. The molecule has 2 N–H and O–H groups in total. The lowest BCUT2D eigenvalue weighted by molar-refractivity contribution is 0.354. The van der Waals surface area contributed by atoms with Crippen LogP contribution in [-0.4, -0.2) is 31.7 Å². The molecule has 0 aliphatic heterocycles. The van der Waals surface area contributed by atoms with Gasteiger partial charge < -0.3 is 24.5 Å². The molecule has 1 heterocycles. The van der Waals surface area contributed by atoms with Gasteiger partial charge in [-0.25, -0.2) is 9.98 Å². The quantitative estimate of drug-likeness (QED) is 0.449. The maximum atomic E-state index is 5.58. The summed E-state index contributed by atoms with van der Waals surface area (Å²) in [4.78, 5) is 9.16. The molecule has 0 bridgehead atoms. The largest absolute Gasteiger partial charge is 0.493 e. The van der Waals surface area contributed by atoms with Crippen LogP contribution in [0.2, 0.25) is 0 Å². The summed E-state index contributed by atoms with van der Waals surface area (Å²) in [6, 6.07) is 15.6. The van der Waals surface area contributed by atoms with E-state index >= 15 is 0 Å². The first-order valence-electron chi connectivity index (χ1n) is 9.46. The van der Waals surface area contributed by atoms with Gasteiger partial charge in [0.2, 0.25) is 5.89 Å². The van der Waals surface area contributed by atoms with Gasteiger partial charge in [0.25, 0.3) is 0 Å². The average Bonchev–Trinajstić information content (AvgIpc) is 3.25. The first-order valence-corrected chi connectivity index (χ1v) is 9.46. The fraction of sp³-hybridized carbons (Fsp3) is 0.273. The second kappa shape index (κ2) is 10.2. The molecule has 2 aromatic carbocycles. The Morgan fingerprint density at radius 3 is 2.55 bits per heavy atom. The molecular weight excluding hydrogens is 368 g/mol. The van der Waals surface area contributed by atoms with Gasteiger partial charge in [-0.15, -0.1) is 0 Å². The lowest BCUT2D eigenvalue weighted by atomic mass is 10.2. The van der Waals surface area contributed by atoms with E-state index in [0.29, 0.717) is 36.4 Å². The van der Waals surface area contributed by atoms with E-state index in [1.807, 2.05) is 55.5 Å². The van der Waals surface area contributed by atoms with Crippen LogP contribution in [0.25, 0.3) is 11.5 Å². The van der Waals surface area contributed by atoms with Crippen molar-refractivity contribution in [2.75, 3.05) is 20.8 Å². The van der Waals surface area contributed by atoms with E-state index in [9.17, 15) is 0 Å². The number of nitrogens with zero attached hydrogens (tertiary/aromatic N) is 2. The molecule has 3 aromatic rings. The molecule has 7 heteroatoms. The normalized spacial score (nSPS) is 11.2. The van der Waals surface area contributed by atoms with Crippen LogP contribution >= 0.6 is 0 Å². The minimum atomic E-state index is 0.504. The highest BCUT2D eigenvalue weighted by molar-refractivity contribution is 5.79. The van der Waals surface area contributed by atoms with Crippen molar-refractivity contribution in [3.05, 3.63) is 66.1 Å². The van der Waals surface area contributed by atoms with E-state index in [4.69, 9.17) is 13.9 Å². The molecule has 0 saturated carbocycles. The van der Waals surface area contributed by atoms with Crippen LogP contribution in [-0.2, 0) is 13.1 Å². The zero-order valence-corrected chi connectivity index (χ0v) is 16.9. The Morgan fingerprint density at radius 1 is 1.03 bits per heavy atom. The fourth-order valence-corrected chi connectivity index (χ4v) is 2.77. The molecule has 29 heavy (non-hydrogen) atoms. The fourth-order valence-electron chi connectivity index (χ4n) is 2.77. The Balaban J connectivity index is 1.63. The number of ether oxygens (including phenoxy) is 2. The summed E-state index contributed by atoms with van der Waals surface area (Å²) in [7, 11) is 3.24. The predicted molar refractivity (Wildman–Crippen MR) is 113 cm³/mol. The van der Waals surface area contributed by atoms with Gasteiger partial charge in [0, 0.05) is 12.1 Å². The molecule has 0 unspecified atom stereocenters. The third-order valence-electron chi connectivity index (χ3n) is 4.22. The highest BCUT2D eigenvalue weighted by Crippen LogP contribution is 2.27. The Bertz CT molecular complexity index is 938. The van der Waals surface area contributed by atoms with Crippen LogP contribution in [0.1, 0.15) is 18.2 Å². The van der Waals surface area contributed by atoms with Gasteiger partial charge >= 0.3 is 0 Å². The zero-order chi connectivity index (χ0) is 20.5. The van der Waals surface area contributed by atoms with Gasteiger partial charge in [-0.3, -0.25) is 0 Å². The van der Waals surface area contributed by atoms with E-state index in [1.165, 1.54) is 0 Å². The number of aromatic nitrogens is 1. The van der Waals surface area contributed by atoms with Gasteiger partial charge in [0.05, 0.1) is 33.0 Å². The van der Waals surface area contributed by atoms with E-state index in [0.717, 1.165) is 23.4 Å². The standard InChI is InChI=1S/C22H26N4O3/c1-4-23-22(24-13-16-10-11-19(27-2)20(12-16)28-3)25-14-18-15-29-21(26-18)17-8-6-5-7-9-17/h5-12,15H,4,13-14H2,1-3H3,(H2,23,24,25). The third-order valence-corrected chi connectivity index (χ3v) is 4.22. The zero-order valence-electron chi connectivity index (χ0n) is 16.9. The van der Waals surface area contributed by atoms with Crippen molar-refractivity contribution >= 4 is 5.96 Å². The summed E-state index contributed by atoms with van der Waals surface area (Å²) in [5.74, 6) is 2.70. The number of benzene rings is 2. The topological polar surface area (TPSA) is 80.9 Å². The minimum Gasteiger partial charge on any atom is -0.493 e. The summed E-state index contributed by atoms with van der Waals surface area (Å²) < 4.78 is 16.2. The SMILES string of the molecule is CCNC(=NCc1ccc(OC)c(OC)c1)NCc1coc(-c2ccccc2)n1. The van der Waals surface area contributed by atoms with Crippen molar-refractivity contribution in [1.82, 2.24) is 15.6 Å². The van der Waals surface area contributed by atoms with Crippen molar-refractivity contribution in [2.24, 2.45) is 4.99 Å². The number of methoxy groups -OCH3 is 2. The highest BCUT2D eigenvalue weighted by Gasteiger charge is 2.08. The summed E-state index contributed by atoms with van der Waals surface area (Å²) >= 11 is 0.